The molecule has 7 heteroatoms. The van der Waals surface area contributed by atoms with Gasteiger partial charge in [0.1, 0.15) is 6.10 Å². The van der Waals surface area contributed by atoms with Crippen LogP contribution in [-0.4, -0.2) is 54.6 Å². The van der Waals surface area contributed by atoms with Crippen LogP contribution in [-0.2, 0) is 9.53 Å². The number of benzene rings is 1. The van der Waals surface area contributed by atoms with Crippen molar-refractivity contribution in [3.05, 3.63) is 34.4 Å². The zero-order chi connectivity index (χ0) is 15.5. The number of piperazine rings is 1. The molecule has 2 aliphatic heterocycles. The molecule has 0 unspecified atom stereocenters. The zero-order valence-electron chi connectivity index (χ0n) is 12.3. The zero-order valence-corrected chi connectivity index (χ0v) is 12.3. The highest BCUT2D eigenvalue weighted by atomic mass is 16.6. The summed E-state index contributed by atoms with van der Waals surface area (Å²) in [5.74, 6) is 0.0798. The Morgan fingerprint density at radius 3 is 2.68 bits per heavy atom. The van der Waals surface area contributed by atoms with E-state index in [-0.39, 0.29) is 22.6 Å². The van der Waals surface area contributed by atoms with E-state index in [0.717, 1.165) is 18.5 Å². The van der Waals surface area contributed by atoms with Crippen molar-refractivity contribution in [2.75, 3.05) is 37.7 Å². The number of carbonyl (C=O) groups excluding carboxylic acids is 1. The van der Waals surface area contributed by atoms with Crippen LogP contribution in [0.5, 0.6) is 0 Å². The summed E-state index contributed by atoms with van der Waals surface area (Å²) in [6.07, 6.45) is 1.48. The standard InChI is InChI=1S/C15H19N3O4/c19-15(14-5-2-10-22-14)17-8-6-16(7-9-17)12-3-1-4-13(11-12)18(20)21/h1,3-4,11,14H,2,5-10H2/t14-/m1/s1. The second-order valence-electron chi connectivity index (χ2n) is 5.59. The van der Waals surface area contributed by atoms with Crippen LogP contribution < -0.4 is 4.90 Å². The van der Waals surface area contributed by atoms with Crippen LogP contribution in [0.1, 0.15) is 12.8 Å². The summed E-state index contributed by atoms with van der Waals surface area (Å²) in [7, 11) is 0. The van der Waals surface area contributed by atoms with Crippen LogP contribution in [0.4, 0.5) is 11.4 Å². The highest BCUT2D eigenvalue weighted by molar-refractivity contribution is 5.81. The molecule has 0 N–H and O–H groups in total. The van der Waals surface area contributed by atoms with Gasteiger partial charge in [-0.1, -0.05) is 6.07 Å². The molecule has 1 atom stereocenters. The Balaban J connectivity index is 1.60. The molecule has 2 fully saturated rings. The topological polar surface area (TPSA) is 75.9 Å². The Kier molecular flexibility index (Phi) is 4.24. The van der Waals surface area contributed by atoms with Gasteiger partial charge in [-0.2, -0.15) is 0 Å². The van der Waals surface area contributed by atoms with Gasteiger partial charge >= 0.3 is 0 Å². The van der Waals surface area contributed by atoms with Crippen LogP contribution in [0.15, 0.2) is 24.3 Å². The van der Waals surface area contributed by atoms with Gasteiger partial charge in [0, 0.05) is 50.6 Å². The van der Waals surface area contributed by atoms with Gasteiger partial charge in [0.05, 0.1) is 4.92 Å². The monoisotopic (exact) mass is 305 g/mol. The molecule has 1 aromatic rings. The number of anilines is 1. The van der Waals surface area contributed by atoms with Gasteiger partial charge in [0.25, 0.3) is 11.6 Å². The molecule has 7 nitrogen and oxygen atoms in total. The second-order valence-corrected chi connectivity index (χ2v) is 5.59. The van der Waals surface area contributed by atoms with E-state index in [2.05, 4.69) is 4.90 Å². The third kappa shape index (κ3) is 3.04. The van der Waals surface area contributed by atoms with E-state index in [4.69, 9.17) is 4.74 Å². The van der Waals surface area contributed by atoms with E-state index in [0.29, 0.717) is 32.8 Å². The van der Waals surface area contributed by atoms with Gasteiger partial charge in [0.2, 0.25) is 0 Å². The summed E-state index contributed by atoms with van der Waals surface area (Å²) in [6, 6.07) is 6.63. The summed E-state index contributed by atoms with van der Waals surface area (Å²) in [5, 5.41) is 10.8. The van der Waals surface area contributed by atoms with Crippen LogP contribution >= 0.6 is 0 Å². The molecule has 2 aliphatic rings. The summed E-state index contributed by atoms with van der Waals surface area (Å²) in [6.45, 7) is 3.28. The first-order chi connectivity index (χ1) is 10.6. The van der Waals surface area contributed by atoms with Gasteiger partial charge in [-0.3, -0.25) is 14.9 Å². The number of non-ortho nitro benzene ring substituents is 1. The third-order valence-electron chi connectivity index (χ3n) is 4.20. The predicted octanol–water partition coefficient (Wildman–Crippen LogP) is 1.42. The molecular weight excluding hydrogens is 286 g/mol. The lowest BCUT2D eigenvalue weighted by molar-refractivity contribution is -0.384. The number of ether oxygens (including phenoxy) is 1. The van der Waals surface area contributed by atoms with Crippen molar-refractivity contribution >= 4 is 17.3 Å². The molecule has 0 saturated carbocycles. The molecular formula is C15H19N3O4. The van der Waals surface area contributed by atoms with E-state index in [1.165, 1.54) is 6.07 Å². The normalized spacial score (nSPS) is 21.9. The molecule has 2 heterocycles. The number of amides is 1. The Morgan fingerprint density at radius 1 is 1.27 bits per heavy atom. The maximum Gasteiger partial charge on any atom is 0.271 e. The number of carbonyl (C=O) groups is 1. The Hall–Kier alpha value is -2.15. The second kappa shape index (κ2) is 6.31. The minimum atomic E-state index is -0.388. The van der Waals surface area contributed by atoms with Crippen LogP contribution in [0.2, 0.25) is 0 Å². The minimum absolute atomic E-state index is 0.0798. The van der Waals surface area contributed by atoms with Gasteiger partial charge in [0.15, 0.2) is 0 Å². The van der Waals surface area contributed by atoms with E-state index < -0.39 is 0 Å². The lowest BCUT2D eigenvalue weighted by Gasteiger charge is -2.36. The van der Waals surface area contributed by atoms with E-state index in [1.807, 2.05) is 11.0 Å². The summed E-state index contributed by atoms with van der Waals surface area (Å²) < 4.78 is 5.44. The fraction of sp³-hybridized carbons (Fsp3) is 0.533. The number of nitro groups is 1. The largest absolute Gasteiger partial charge is 0.368 e. The van der Waals surface area contributed by atoms with Gasteiger partial charge in [-0.05, 0) is 18.9 Å². The average Bonchev–Trinajstić information content (AvgIpc) is 3.09. The fourth-order valence-electron chi connectivity index (χ4n) is 2.96. The van der Waals surface area contributed by atoms with Crippen molar-refractivity contribution in [1.82, 2.24) is 4.90 Å². The quantitative estimate of drug-likeness (QED) is 0.623. The summed E-state index contributed by atoms with van der Waals surface area (Å²) in [5.41, 5.74) is 0.925. The molecule has 22 heavy (non-hydrogen) atoms. The van der Waals surface area contributed by atoms with Crippen molar-refractivity contribution in [1.29, 1.82) is 0 Å². The van der Waals surface area contributed by atoms with Crippen molar-refractivity contribution in [3.8, 4) is 0 Å². The highest BCUT2D eigenvalue weighted by Gasteiger charge is 2.30. The fourth-order valence-corrected chi connectivity index (χ4v) is 2.96. The first-order valence-corrected chi connectivity index (χ1v) is 7.55. The Bertz CT molecular complexity index is 564. The highest BCUT2D eigenvalue weighted by Crippen LogP contribution is 2.23. The smallest absolute Gasteiger partial charge is 0.271 e. The van der Waals surface area contributed by atoms with Crippen molar-refractivity contribution in [2.45, 2.75) is 18.9 Å². The van der Waals surface area contributed by atoms with Gasteiger partial charge < -0.3 is 14.5 Å². The van der Waals surface area contributed by atoms with Crippen LogP contribution in [0.25, 0.3) is 0 Å². The molecule has 2 saturated heterocycles. The molecule has 3 rings (SSSR count). The third-order valence-corrected chi connectivity index (χ3v) is 4.20. The predicted molar refractivity (Wildman–Crippen MR) is 80.9 cm³/mol. The van der Waals surface area contributed by atoms with Crippen molar-refractivity contribution < 1.29 is 14.5 Å². The van der Waals surface area contributed by atoms with Crippen molar-refractivity contribution in [2.24, 2.45) is 0 Å². The Labute approximate surface area is 128 Å². The average molecular weight is 305 g/mol. The molecule has 0 spiro atoms. The number of nitro benzene ring substituents is 1. The SMILES string of the molecule is O=C([C@H]1CCCO1)N1CCN(c2cccc([N+](=O)[O-])c2)CC1. The number of nitrogens with zero attached hydrogens (tertiary/aromatic N) is 3. The molecule has 118 valence electrons. The summed E-state index contributed by atoms with van der Waals surface area (Å²) >= 11 is 0. The van der Waals surface area contributed by atoms with Gasteiger partial charge in [-0.25, -0.2) is 0 Å². The van der Waals surface area contributed by atoms with Crippen LogP contribution in [0.3, 0.4) is 0 Å². The molecule has 1 aromatic carbocycles. The number of rotatable bonds is 3. The van der Waals surface area contributed by atoms with Crippen LogP contribution in [0, 0.1) is 10.1 Å². The lowest BCUT2D eigenvalue weighted by Crippen LogP contribution is -2.51. The molecule has 0 aromatic heterocycles. The minimum Gasteiger partial charge on any atom is -0.368 e. The molecule has 0 aliphatic carbocycles. The maximum atomic E-state index is 12.3. The lowest BCUT2D eigenvalue weighted by atomic mass is 10.2. The van der Waals surface area contributed by atoms with E-state index in [9.17, 15) is 14.9 Å². The number of hydrogen-bond donors (Lipinski definition) is 0. The maximum absolute atomic E-state index is 12.3. The Morgan fingerprint density at radius 2 is 2.05 bits per heavy atom. The van der Waals surface area contributed by atoms with E-state index in [1.54, 1.807) is 12.1 Å². The molecule has 1 amide bonds. The first-order valence-electron chi connectivity index (χ1n) is 7.55. The number of hydrogen-bond acceptors (Lipinski definition) is 5. The summed E-state index contributed by atoms with van der Waals surface area (Å²) in [4.78, 5) is 26.6. The first kappa shape index (κ1) is 14.8. The molecule has 0 radical (unpaired) electrons. The molecule has 0 bridgehead atoms. The van der Waals surface area contributed by atoms with Crippen molar-refractivity contribution in [3.63, 3.8) is 0 Å². The van der Waals surface area contributed by atoms with E-state index >= 15 is 0 Å². The van der Waals surface area contributed by atoms with Gasteiger partial charge in [-0.15, -0.1) is 0 Å².